The van der Waals surface area contributed by atoms with Crippen LogP contribution in [0, 0.1) is 11.3 Å². The van der Waals surface area contributed by atoms with Crippen LogP contribution in [0.2, 0.25) is 0 Å². The van der Waals surface area contributed by atoms with E-state index in [0.29, 0.717) is 25.8 Å². The SMILES string of the molecule is CN1C(=O)C[C@H]([NH+]2CC[NH+](CCN=CC3C(=O)CC(C)(C)CC3=O)CC2)C1=O. The number of imide groups is 1. The van der Waals surface area contributed by atoms with Gasteiger partial charge < -0.3 is 9.80 Å². The average Bonchev–Trinajstić information content (AvgIpc) is 2.87. The summed E-state index contributed by atoms with van der Waals surface area (Å²) in [5.41, 5.74) is -0.231. The fourth-order valence-electron chi connectivity index (χ4n) is 4.57. The lowest BCUT2D eigenvalue weighted by atomic mass is 9.72. The van der Waals surface area contributed by atoms with E-state index in [0.717, 1.165) is 32.7 Å². The van der Waals surface area contributed by atoms with Crippen molar-refractivity contribution in [2.24, 2.45) is 16.3 Å². The van der Waals surface area contributed by atoms with Crippen molar-refractivity contribution in [1.29, 1.82) is 0 Å². The molecule has 0 spiro atoms. The van der Waals surface area contributed by atoms with Crippen LogP contribution >= 0.6 is 0 Å². The minimum atomic E-state index is -0.660. The minimum Gasteiger partial charge on any atom is -0.324 e. The van der Waals surface area contributed by atoms with E-state index in [1.54, 1.807) is 13.3 Å². The summed E-state index contributed by atoms with van der Waals surface area (Å²) in [5, 5.41) is 0. The number of rotatable bonds is 5. The molecule has 3 rings (SSSR count). The zero-order valence-electron chi connectivity index (χ0n) is 17.1. The Kier molecular flexibility index (Phi) is 6.09. The zero-order chi connectivity index (χ0) is 20.5. The second-order valence-electron chi connectivity index (χ2n) is 9.19. The Morgan fingerprint density at radius 2 is 1.68 bits per heavy atom. The minimum absolute atomic E-state index is 0.0182. The first-order valence-electron chi connectivity index (χ1n) is 10.2. The molecule has 154 valence electrons. The number of hydrogen-bond acceptors (Lipinski definition) is 5. The molecule has 1 saturated carbocycles. The molecule has 1 atom stereocenters. The number of carbonyl (C=O) groups excluding carboxylic acids is 4. The van der Waals surface area contributed by atoms with Gasteiger partial charge in [-0.3, -0.25) is 29.1 Å². The van der Waals surface area contributed by atoms with Crippen molar-refractivity contribution in [1.82, 2.24) is 4.90 Å². The second-order valence-corrected chi connectivity index (χ2v) is 9.19. The van der Waals surface area contributed by atoms with Crippen LogP contribution in [-0.4, -0.2) is 86.9 Å². The first-order valence-corrected chi connectivity index (χ1v) is 10.2. The number of likely N-dealkylation sites (N-methyl/N-ethyl adjacent to an activating group) is 1. The Morgan fingerprint density at radius 3 is 2.21 bits per heavy atom. The van der Waals surface area contributed by atoms with Crippen molar-refractivity contribution in [3.05, 3.63) is 0 Å². The maximum absolute atomic E-state index is 12.2. The summed E-state index contributed by atoms with van der Waals surface area (Å²) < 4.78 is 0. The summed E-state index contributed by atoms with van der Waals surface area (Å²) in [5.74, 6) is -0.835. The van der Waals surface area contributed by atoms with Crippen LogP contribution in [0.25, 0.3) is 0 Å². The quantitative estimate of drug-likeness (QED) is 0.300. The number of piperazine rings is 1. The van der Waals surface area contributed by atoms with Gasteiger partial charge in [0.15, 0.2) is 6.04 Å². The standard InChI is InChI=1S/C20H30N4O4/c1-20(2)11-16(25)14(17(26)12-20)13-21-4-5-23-6-8-24(9-7-23)15-10-18(27)22(3)19(15)28/h13-15H,4-12H2,1-3H3/p+2/t15-/m0/s1. The van der Waals surface area contributed by atoms with Crippen molar-refractivity contribution < 1.29 is 29.0 Å². The van der Waals surface area contributed by atoms with E-state index in [2.05, 4.69) is 4.99 Å². The van der Waals surface area contributed by atoms with Gasteiger partial charge >= 0.3 is 0 Å². The van der Waals surface area contributed by atoms with E-state index in [1.165, 1.54) is 14.7 Å². The Labute approximate surface area is 165 Å². The Morgan fingerprint density at radius 1 is 1.07 bits per heavy atom. The van der Waals surface area contributed by atoms with Crippen LogP contribution in [0.5, 0.6) is 0 Å². The predicted octanol–water partition coefficient (Wildman–Crippen LogP) is -2.83. The van der Waals surface area contributed by atoms with Crippen LogP contribution in [-0.2, 0) is 19.2 Å². The molecule has 1 aliphatic carbocycles. The number of nitrogens with one attached hydrogen (secondary N) is 2. The number of ketones is 2. The molecule has 0 aromatic heterocycles. The highest BCUT2D eigenvalue weighted by Crippen LogP contribution is 2.33. The third-order valence-corrected chi connectivity index (χ3v) is 6.32. The molecule has 3 aliphatic rings. The van der Waals surface area contributed by atoms with Gasteiger partial charge in [-0.05, 0) is 5.41 Å². The van der Waals surface area contributed by atoms with Crippen LogP contribution in [0.15, 0.2) is 4.99 Å². The van der Waals surface area contributed by atoms with E-state index >= 15 is 0 Å². The van der Waals surface area contributed by atoms with Crippen LogP contribution in [0.1, 0.15) is 33.1 Å². The van der Waals surface area contributed by atoms with Gasteiger partial charge in [-0.2, -0.15) is 0 Å². The smallest absolute Gasteiger partial charge is 0.287 e. The largest absolute Gasteiger partial charge is 0.324 e. The Balaban J connectivity index is 1.41. The van der Waals surface area contributed by atoms with E-state index in [4.69, 9.17) is 0 Å². The number of carbonyl (C=O) groups is 4. The topological polar surface area (TPSA) is 92.8 Å². The average molecular weight is 393 g/mol. The van der Waals surface area contributed by atoms with Gasteiger partial charge in [0, 0.05) is 26.1 Å². The first kappa shape index (κ1) is 20.8. The Bertz CT molecular complexity index is 674. The molecule has 2 N–H and O–H groups in total. The van der Waals surface area contributed by atoms with E-state index < -0.39 is 5.92 Å². The monoisotopic (exact) mass is 392 g/mol. The summed E-state index contributed by atoms with van der Waals surface area (Å²) in [4.78, 5) is 56.4. The number of likely N-dealkylation sites (tertiary alicyclic amines) is 1. The highest BCUT2D eigenvalue weighted by molar-refractivity contribution is 6.16. The summed E-state index contributed by atoms with van der Waals surface area (Å²) in [6.07, 6.45) is 2.75. The summed E-state index contributed by atoms with van der Waals surface area (Å²) in [7, 11) is 1.56. The van der Waals surface area contributed by atoms with Crippen molar-refractivity contribution in [2.75, 3.05) is 46.3 Å². The highest BCUT2D eigenvalue weighted by Gasteiger charge is 2.44. The third kappa shape index (κ3) is 4.55. The van der Waals surface area contributed by atoms with E-state index in [1.807, 2.05) is 13.8 Å². The number of quaternary nitrogens is 2. The van der Waals surface area contributed by atoms with Crippen molar-refractivity contribution in [3.63, 3.8) is 0 Å². The third-order valence-electron chi connectivity index (χ3n) is 6.32. The second kappa shape index (κ2) is 8.21. The highest BCUT2D eigenvalue weighted by atomic mass is 16.2. The number of hydrogen-bond donors (Lipinski definition) is 2. The van der Waals surface area contributed by atoms with Crippen LogP contribution < -0.4 is 9.80 Å². The molecule has 0 aromatic rings. The van der Waals surface area contributed by atoms with Crippen molar-refractivity contribution >= 4 is 29.6 Å². The Hall–Kier alpha value is -1.93. The lowest BCUT2D eigenvalue weighted by Crippen LogP contribution is -3.30. The molecule has 3 fully saturated rings. The molecule has 2 amide bonds. The molecule has 8 heteroatoms. The molecule has 2 heterocycles. The van der Waals surface area contributed by atoms with Gasteiger partial charge in [0.1, 0.15) is 43.7 Å². The van der Waals surface area contributed by atoms with Gasteiger partial charge in [-0.1, -0.05) is 13.8 Å². The van der Waals surface area contributed by atoms with Gasteiger partial charge in [0.2, 0.25) is 5.91 Å². The lowest BCUT2D eigenvalue weighted by molar-refractivity contribution is -1.02. The van der Waals surface area contributed by atoms with Gasteiger partial charge in [-0.25, -0.2) is 0 Å². The molecular formula is C20H32N4O4+2. The molecule has 0 unspecified atom stereocenters. The van der Waals surface area contributed by atoms with Crippen LogP contribution in [0.4, 0.5) is 0 Å². The van der Waals surface area contributed by atoms with Gasteiger partial charge in [-0.15, -0.1) is 0 Å². The fraction of sp³-hybridized carbons (Fsp3) is 0.750. The molecule has 0 radical (unpaired) electrons. The van der Waals surface area contributed by atoms with Gasteiger partial charge in [0.25, 0.3) is 5.91 Å². The molecular weight excluding hydrogens is 360 g/mol. The molecule has 2 saturated heterocycles. The molecule has 8 nitrogen and oxygen atoms in total. The van der Waals surface area contributed by atoms with Crippen molar-refractivity contribution in [2.45, 2.75) is 39.2 Å². The van der Waals surface area contributed by atoms with Gasteiger partial charge in [0.05, 0.1) is 19.5 Å². The number of nitrogens with zero attached hydrogens (tertiary/aromatic N) is 2. The fourth-order valence-corrected chi connectivity index (χ4v) is 4.57. The van der Waals surface area contributed by atoms with Crippen molar-refractivity contribution in [3.8, 4) is 0 Å². The molecule has 0 bridgehead atoms. The number of aliphatic imine (C=N–C) groups is 1. The maximum atomic E-state index is 12.2. The van der Waals surface area contributed by atoms with Crippen LogP contribution in [0.3, 0.4) is 0 Å². The zero-order valence-corrected chi connectivity index (χ0v) is 17.1. The van der Waals surface area contributed by atoms with E-state index in [-0.39, 0.29) is 34.8 Å². The first-order chi connectivity index (χ1) is 13.2. The summed E-state index contributed by atoms with van der Waals surface area (Å²) in [6.45, 7) is 8.94. The lowest BCUT2D eigenvalue weighted by Gasteiger charge is -2.32. The normalized spacial score (nSPS) is 32.0. The summed E-state index contributed by atoms with van der Waals surface area (Å²) >= 11 is 0. The molecule has 28 heavy (non-hydrogen) atoms. The number of Topliss-reactive ketones (excluding diaryl/α,β-unsaturated/α-hetero) is 2. The molecule has 0 aromatic carbocycles. The molecule has 2 aliphatic heterocycles. The van der Waals surface area contributed by atoms with E-state index in [9.17, 15) is 19.2 Å². The number of amides is 2. The predicted molar refractivity (Wildman–Crippen MR) is 102 cm³/mol. The maximum Gasteiger partial charge on any atom is 0.287 e. The summed E-state index contributed by atoms with van der Waals surface area (Å²) in [6, 6.07) is -0.218.